The van der Waals surface area contributed by atoms with Gasteiger partial charge in [0.05, 0.1) is 17.6 Å². The summed E-state index contributed by atoms with van der Waals surface area (Å²) in [5.41, 5.74) is 2.69. The van der Waals surface area contributed by atoms with Crippen molar-refractivity contribution in [3.05, 3.63) is 75.2 Å². The molecule has 1 unspecified atom stereocenters. The number of carbonyl (C=O) groups is 4. The monoisotopic (exact) mass is 542 g/mol. The van der Waals surface area contributed by atoms with E-state index in [0.29, 0.717) is 5.69 Å². The zero-order chi connectivity index (χ0) is 26.0. The molecule has 0 bridgehead atoms. The number of carboxylic acid groups (broad SMARTS) is 1. The number of aromatic carboxylic acids is 1. The number of allylic oxidation sites excluding steroid dienone is 1. The van der Waals surface area contributed by atoms with E-state index in [1.165, 1.54) is 16.7 Å². The number of carbonyl (C=O) groups excluding carboxylic acids is 3. The number of amides is 4. The molecule has 0 spiro atoms. The van der Waals surface area contributed by atoms with Gasteiger partial charge in [0.25, 0.3) is 5.91 Å². The lowest BCUT2D eigenvalue weighted by molar-refractivity contribution is -0.763. The van der Waals surface area contributed by atoms with E-state index in [4.69, 9.17) is 9.47 Å². The van der Waals surface area contributed by atoms with E-state index in [1.807, 2.05) is 30.3 Å². The number of quaternary nitrogens is 1. The normalized spacial score (nSPS) is 19.8. The lowest BCUT2D eigenvalue weighted by Crippen LogP contribution is -2.64. The fourth-order valence-corrected chi connectivity index (χ4v) is 5.50. The molecule has 4 heterocycles. The second-order valence-corrected chi connectivity index (χ2v) is 9.68. The van der Waals surface area contributed by atoms with Crippen molar-refractivity contribution in [1.82, 2.24) is 15.3 Å². The summed E-state index contributed by atoms with van der Waals surface area (Å²) in [6, 6.07) is 7.20. The first-order valence-electron chi connectivity index (χ1n) is 11.0. The van der Waals surface area contributed by atoms with Crippen LogP contribution in [-0.2, 0) is 31.9 Å². The summed E-state index contributed by atoms with van der Waals surface area (Å²) >= 11 is 2.21. The number of rotatable bonds is 9. The average molecular weight is 543 g/mol. The standard InChI is InChI=1S/C23H19N5O7S2/c29-18-8-24-23(33)28(18,20-17(34-12-35-20)6-13-4-2-1-3-5-13)16(7-14-9-36-11-25-14)19(30)27-22-26-15(10-37-22)21(31)32/h1-5,9-11,16H,6-8,12H2,(H2-,24,26,27,30,31,32,33)/p+1/t16-,28?/m0/s1. The van der Waals surface area contributed by atoms with E-state index < -0.39 is 34.3 Å². The van der Waals surface area contributed by atoms with Crippen LogP contribution in [0.2, 0.25) is 0 Å². The number of anilines is 1. The second kappa shape index (κ2) is 10.1. The maximum Gasteiger partial charge on any atom is 0.433 e. The van der Waals surface area contributed by atoms with Crippen molar-refractivity contribution < 1.29 is 38.2 Å². The Bertz CT molecular complexity index is 1370. The molecular weight excluding hydrogens is 522 g/mol. The van der Waals surface area contributed by atoms with Gasteiger partial charge in [0, 0.05) is 17.2 Å². The third-order valence-corrected chi connectivity index (χ3v) is 7.30. The van der Waals surface area contributed by atoms with Crippen LogP contribution in [0.25, 0.3) is 0 Å². The zero-order valence-electron chi connectivity index (χ0n) is 19.1. The highest BCUT2D eigenvalue weighted by molar-refractivity contribution is 7.14. The van der Waals surface area contributed by atoms with Gasteiger partial charge < -0.3 is 14.6 Å². The fourth-order valence-electron chi connectivity index (χ4n) is 4.24. The minimum absolute atomic E-state index is 0.0120. The van der Waals surface area contributed by atoms with Gasteiger partial charge in [-0.1, -0.05) is 34.8 Å². The van der Waals surface area contributed by atoms with Crippen LogP contribution < -0.4 is 10.6 Å². The SMILES string of the molecule is O=C(O)c1csc(NC(=O)[C@H](Cc2cscn2)[N+]2(C3=C(Cc4ccccc4)OCO3)C(=O)CNC2=O)n1. The summed E-state index contributed by atoms with van der Waals surface area (Å²) < 4.78 is 10.4. The van der Waals surface area contributed by atoms with E-state index in [-0.39, 0.29) is 48.6 Å². The van der Waals surface area contributed by atoms with Crippen LogP contribution in [0.4, 0.5) is 9.93 Å². The number of hydrogen-bond donors (Lipinski definition) is 3. The summed E-state index contributed by atoms with van der Waals surface area (Å²) in [5, 5.41) is 17.3. The largest absolute Gasteiger partial charge is 0.476 e. The third kappa shape index (κ3) is 4.57. The number of aromatic nitrogens is 2. The first kappa shape index (κ1) is 24.5. The first-order chi connectivity index (χ1) is 17.9. The molecule has 0 aliphatic carbocycles. The van der Waals surface area contributed by atoms with Crippen LogP contribution in [0.1, 0.15) is 21.7 Å². The Labute approximate surface area is 217 Å². The molecule has 190 valence electrons. The summed E-state index contributed by atoms with van der Waals surface area (Å²) in [4.78, 5) is 60.2. The van der Waals surface area contributed by atoms with Crippen molar-refractivity contribution in [3.8, 4) is 0 Å². The zero-order valence-corrected chi connectivity index (χ0v) is 20.7. The molecule has 2 atom stereocenters. The Morgan fingerprint density at radius 2 is 2.00 bits per heavy atom. The van der Waals surface area contributed by atoms with Gasteiger partial charge in [-0.25, -0.2) is 24.4 Å². The number of imide groups is 1. The predicted molar refractivity (Wildman–Crippen MR) is 130 cm³/mol. The highest BCUT2D eigenvalue weighted by atomic mass is 32.1. The molecule has 0 radical (unpaired) electrons. The van der Waals surface area contributed by atoms with Crippen molar-refractivity contribution >= 4 is 51.6 Å². The molecule has 3 aromatic rings. The number of urea groups is 1. The van der Waals surface area contributed by atoms with Crippen molar-refractivity contribution in [1.29, 1.82) is 0 Å². The van der Waals surface area contributed by atoms with Gasteiger partial charge in [0.1, 0.15) is 6.54 Å². The van der Waals surface area contributed by atoms with Crippen LogP contribution >= 0.6 is 22.7 Å². The van der Waals surface area contributed by atoms with Gasteiger partial charge in [-0.2, -0.15) is 0 Å². The summed E-state index contributed by atoms with van der Waals surface area (Å²) in [6.07, 6.45) is 0.146. The Kier molecular flexibility index (Phi) is 6.69. The van der Waals surface area contributed by atoms with E-state index >= 15 is 0 Å². The molecule has 3 N–H and O–H groups in total. The fraction of sp³-hybridized carbons (Fsp3) is 0.217. The second-order valence-electron chi connectivity index (χ2n) is 8.10. The molecule has 2 aliphatic heterocycles. The minimum atomic E-state index is -1.35. The molecule has 1 saturated heterocycles. The Hall–Kier alpha value is -4.14. The highest BCUT2D eigenvalue weighted by Gasteiger charge is 2.65. The van der Waals surface area contributed by atoms with Crippen LogP contribution in [0, 0.1) is 0 Å². The number of nitrogens with zero attached hydrogens (tertiary/aromatic N) is 3. The van der Waals surface area contributed by atoms with E-state index in [2.05, 4.69) is 20.6 Å². The molecule has 0 saturated carbocycles. The number of ether oxygens (including phenoxy) is 2. The predicted octanol–water partition coefficient (Wildman–Crippen LogP) is 2.33. The number of nitrogens with one attached hydrogen (secondary N) is 2. The smallest absolute Gasteiger partial charge is 0.433 e. The van der Waals surface area contributed by atoms with Gasteiger partial charge in [-0.3, -0.25) is 15.4 Å². The molecule has 2 aromatic heterocycles. The number of hydrogen-bond acceptors (Lipinski definition) is 10. The topological polar surface area (TPSA) is 157 Å². The quantitative estimate of drug-likeness (QED) is 0.273. The molecule has 4 amide bonds. The number of carboxylic acids is 1. The molecule has 14 heteroatoms. The lowest BCUT2D eigenvalue weighted by atomic mass is 10.0. The lowest BCUT2D eigenvalue weighted by Gasteiger charge is -2.32. The number of thiazole rings is 2. The Balaban J connectivity index is 1.59. The maximum atomic E-state index is 13.7. The maximum absolute atomic E-state index is 13.7. The van der Waals surface area contributed by atoms with Crippen molar-refractivity contribution in [2.45, 2.75) is 18.9 Å². The Morgan fingerprint density at radius 3 is 2.65 bits per heavy atom. The summed E-state index contributed by atoms with van der Waals surface area (Å²) in [6.45, 7) is -0.539. The molecule has 5 rings (SSSR count). The molecule has 12 nitrogen and oxygen atoms in total. The van der Waals surface area contributed by atoms with Crippen molar-refractivity contribution in [2.24, 2.45) is 0 Å². The van der Waals surface area contributed by atoms with Crippen LogP contribution in [0.15, 0.2) is 58.2 Å². The third-order valence-electron chi connectivity index (χ3n) is 5.91. The van der Waals surface area contributed by atoms with Crippen molar-refractivity contribution in [3.63, 3.8) is 0 Å². The van der Waals surface area contributed by atoms with Gasteiger partial charge in [0.15, 0.2) is 16.9 Å². The molecule has 1 fully saturated rings. The van der Waals surface area contributed by atoms with E-state index in [9.17, 15) is 24.3 Å². The molecular formula is C23H20N5O7S2+. The summed E-state index contributed by atoms with van der Waals surface area (Å²) in [7, 11) is 0. The van der Waals surface area contributed by atoms with Crippen molar-refractivity contribution in [2.75, 3.05) is 18.7 Å². The first-order valence-corrected chi connectivity index (χ1v) is 12.8. The van der Waals surface area contributed by atoms with Gasteiger partial charge in [-0.05, 0) is 5.56 Å². The van der Waals surface area contributed by atoms with Gasteiger partial charge in [-0.15, -0.1) is 22.7 Å². The van der Waals surface area contributed by atoms with E-state index in [1.54, 1.807) is 10.9 Å². The summed E-state index contributed by atoms with van der Waals surface area (Å²) in [5.74, 6) is -2.39. The molecule has 37 heavy (non-hydrogen) atoms. The average Bonchev–Trinajstić information content (AvgIpc) is 3.69. The van der Waals surface area contributed by atoms with Crippen LogP contribution in [0.3, 0.4) is 0 Å². The van der Waals surface area contributed by atoms with Crippen LogP contribution in [-0.4, -0.2) is 62.8 Å². The highest BCUT2D eigenvalue weighted by Crippen LogP contribution is 2.37. The minimum Gasteiger partial charge on any atom is -0.476 e. The van der Waals surface area contributed by atoms with E-state index in [0.717, 1.165) is 16.9 Å². The van der Waals surface area contributed by atoms with Gasteiger partial charge >= 0.3 is 23.8 Å². The molecule has 2 aliphatic rings. The molecule has 1 aromatic carbocycles. The van der Waals surface area contributed by atoms with Gasteiger partial charge in [0.2, 0.25) is 12.6 Å². The number of benzene rings is 1. The van der Waals surface area contributed by atoms with Crippen LogP contribution in [0.5, 0.6) is 0 Å². The Morgan fingerprint density at radius 1 is 1.19 bits per heavy atom.